The maximum absolute atomic E-state index is 12.1. The molecular weight excluding hydrogens is 467 g/mol. The molecule has 1 fully saturated rings. The van der Waals surface area contributed by atoms with E-state index >= 15 is 0 Å². The van der Waals surface area contributed by atoms with Crippen molar-refractivity contribution in [3.63, 3.8) is 0 Å². The van der Waals surface area contributed by atoms with Crippen LogP contribution in [0, 0.1) is 3.57 Å². The molecule has 0 aliphatic carbocycles. The highest BCUT2D eigenvalue weighted by molar-refractivity contribution is 14.1. The fourth-order valence-electron chi connectivity index (χ4n) is 3.71. The Bertz CT molecular complexity index is 885. The van der Waals surface area contributed by atoms with Crippen LogP contribution in [-0.4, -0.2) is 44.3 Å². The summed E-state index contributed by atoms with van der Waals surface area (Å²) in [5.41, 5.74) is 4.07. The summed E-state index contributed by atoms with van der Waals surface area (Å²) in [4.78, 5) is 0. The first kappa shape index (κ1) is 19.7. The lowest BCUT2D eigenvalue weighted by Gasteiger charge is -2.13. The van der Waals surface area contributed by atoms with Gasteiger partial charge in [0.15, 0.2) is 21.3 Å². The lowest BCUT2D eigenvalue weighted by molar-refractivity contribution is 0.118. The summed E-state index contributed by atoms with van der Waals surface area (Å²) in [5.74, 6) is 0.779. The number of phenols is 1. The topological polar surface area (TPSA) is 72.8 Å². The van der Waals surface area contributed by atoms with Crippen molar-refractivity contribution in [3.05, 3.63) is 38.0 Å². The molecule has 0 amide bonds. The van der Waals surface area contributed by atoms with Crippen LogP contribution in [0.3, 0.4) is 0 Å². The molecule has 0 spiro atoms. The summed E-state index contributed by atoms with van der Waals surface area (Å²) in [5, 5.41) is 9.50. The SMILES string of the molecule is COc1cc(/C=C(\C)CC[C@H]2OC[C@H]3C2=C(C)CS3(=O)=O)cc(I)c1O. The summed E-state index contributed by atoms with van der Waals surface area (Å²) in [6, 6.07) is 3.71. The molecule has 2 aliphatic heterocycles. The molecule has 0 bridgehead atoms. The molecule has 1 aromatic rings. The highest BCUT2D eigenvalue weighted by Gasteiger charge is 2.45. The average molecular weight is 490 g/mol. The van der Waals surface area contributed by atoms with Gasteiger partial charge in [-0.3, -0.25) is 0 Å². The van der Waals surface area contributed by atoms with E-state index in [1.807, 2.05) is 19.9 Å². The minimum atomic E-state index is -3.06. The normalized spacial score (nSPS) is 24.8. The van der Waals surface area contributed by atoms with E-state index in [4.69, 9.17) is 9.47 Å². The fourth-order valence-corrected chi connectivity index (χ4v) is 6.33. The molecule has 26 heavy (non-hydrogen) atoms. The molecule has 142 valence electrons. The van der Waals surface area contributed by atoms with E-state index in [-0.39, 0.29) is 24.2 Å². The number of allylic oxidation sites excluding steroid dienone is 1. The van der Waals surface area contributed by atoms with Crippen LogP contribution < -0.4 is 4.74 Å². The molecule has 1 saturated heterocycles. The third-order valence-corrected chi connectivity index (χ3v) is 7.89. The highest BCUT2D eigenvalue weighted by Crippen LogP contribution is 2.38. The molecule has 1 N–H and O–H groups in total. The van der Waals surface area contributed by atoms with Gasteiger partial charge < -0.3 is 14.6 Å². The molecular formula is C19H23IO5S. The van der Waals surface area contributed by atoms with Crippen molar-refractivity contribution in [1.82, 2.24) is 0 Å². The summed E-state index contributed by atoms with van der Waals surface area (Å²) in [7, 11) is -1.53. The number of phenolic OH excluding ortho intramolecular Hbond substituents is 1. The minimum absolute atomic E-state index is 0.102. The second-order valence-electron chi connectivity index (χ2n) is 6.94. The lowest BCUT2D eigenvalue weighted by atomic mass is 9.97. The van der Waals surface area contributed by atoms with Gasteiger partial charge in [0.05, 0.1) is 29.1 Å². The fraction of sp³-hybridized carbons (Fsp3) is 0.474. The van der Waals surface area contributed by atoms with Crippen LogP contribution in [0.2, 0.25) is 0 Å². The van der Waals surface area contributed by atoms with Gasteiger partial charge in [-0.2, -0.15) is 0 Å². The number of hydrogen-bond donors (Lipinski definition) is 1. The molecule has 5 nitrogen and oxygen atoms in total. The molecule has 0 aromatic heterocycles. The van der Waals surface area contributed by atoms with Crippen LogP contribution in [0.4, 0.5) is 0 Å². The van der Waals surface area contributed by atoms with E-state index < -0.39 is 15.1 Å². The third-order valence-electron chi connectivity index (χ3n) is 4.97. The lowest BCUT2D eigenvalue weighted by Crippen LogP contribution is -2.19. The largest absolute Gasteiger partial charge is 0.504 e. The maximum atomic E-state index is 12.1. The van der Waals surface area contributed by atoms with Crippen LogP contribution in [0.1, 0.15) is 32.3 Å². The Kier molecular flexibility index (Phi) is 5.69. The first-order valence-electron chi connectivity index (χ1n) is 8.49. The van der Waals surface area contributed by atoms with E-state index in [0.717, 1.165) is 33.1 Å². The third kappa shape index (κ3) is 3.80. The number of sulfone groups is 1. The molecule has 3 rings (SSSR count). The van der Waals surface area contributed by atoms with E-state index in [1.165, 1.54) is 12.7 Å². The highest BCUT2D eigenvalue weighted by atomic mass is 127. The second kappa shape index (κ2) is 7.52. The first-order valence-corrected chi connectivity index (χ1v) is 11.3. The Morgan fingerprint density at radius 3 is 2.88 bits per heavy atom. The number of fused-ring (bicyclic) bond motifs is 1. The number of rotatable bonds is 5. The van der Waals surface area contributed by atoms with Gasteiger partial charge in [0, 0.05) is 0 Å². The number of hydrogen-bond acceptors (Lipinski definition) is 5. The Balaban J connectivity index is 1.70. The van der Waals surface area contributed by atoms with Gasteiger partial charge in [0.1, 0.15) is 5.25 Å². The average Bonchev–Trinajstić information content (AvgIpc) is 3.09. The maximum Gasteiger partial charge on any atom is 0.171 e. The number of halogens is 1. The molecule has 1 aromatic carbocycles. The van der Waals surface area contributed by atoms with Gasteiger partial charge in [0.2, 0.25) is 0 Å². The summed E-state index contributed by atoms with van der Waals surface area (Å²) >= 11 is 2.08. The van der Waals surface area contributed by atoms with Crippen molar-refractivity contribution < 1.29 is 23.0 Å². The van der Waals surface area contributed by atoms with Crippen LogP contribution in [-0.2, 0) is 14.6 Å². The van der Waals surface area contributed by atoms with Crippen molar-refractivity contribution in [1.29, 1.82) is 0 Å². The van der Waals surface area contributed by atoms with Crippen molar-refractivity contribution in [2.45, 2.75) is 38.0 Å². The van der Waals surface area contributed by atoms with Crippen molar-refractivity contribution in [3.8, 4) is 11.5 Å². The predicted molar refractivity (Wildman–Crippen MR) is 110 cm³/mol. The van der Waals surface area contributed by atoms with E-state index in [1.54, 1.807) is 6.07 Å². The molecule has 7 heteroatoms. The predicted octanol–water partition coefficient (Wildman–Crippen LogP) is 3.70. The zero-order chi connectivity index (χ0) is 19.1. The molecule has 2 aliphatic rings. The molecule has 2 heterocycles. The molecule has 0 saturated carbocycles. The Morgan fingerprint density at radius 1 is 1.46 bits per heavy atom. The van der Waals surface area contributed by atoms with Gasteiger partial charge in [-0.05, 0) is 72.5 Å². The van der Waals surface area contributed by atoms with Crippen molar-refractivity contribution >= 4 is 38.5 Å². The van der Waals surface area contributed by atoms with Gasteiger partial charge in [-0.15, -0.1) is 0 Å². The Hall–Kier alpha value is -1.06. The zero-order valence-corrected chi connectivity index (χ0v) is 18.1. The summed E-state index contributed by atoms with van der Waals surface area (Å²) < 4.78 is 36.0. The van der Waals surface area contributed by atoms with Crippen LogP contribution in [0.25, 0.3) is 6.08 Å². The molecule has 0 unspecified atom stereocenters. The molecule has 2 atom stereocenters. The summed E-state index contributed by atoms with van der Waals surface area (Å²) in [6.07, 6.45) is 3.54. The second-order valence-corrected chi connectivity index (χ2v) is 10.3. The van der Waals surface area contributed by atoms with Crippen molar-refractivity contribution in [2.75, 3.05) is 19.5 Å². The monoisotopic (exact) mass is 490 g/mol. The molecule has 0 radical (unpaired) electrons. The van der Waals surface area contributed by atoms with E-state index in [9.17, 15) is 13.5 Å². The minimum Gasteiger partial charge on any atom is -0.504 e. The van der Waals surface area contributed by atoms with Crippen LogP contribution in [0.15, 0.2) is 28.9 Å². The van der Waals surface area contributed by atoms with Gasteiger partial charge in [-0.25, -0.2) is 8.42 Å². The van der Waals surface area contributed by atoms with Crippen LogP contribution >= 0.6 is 22.6 Å². The van der Waals surface area contributed by atoms with Gasteiger partial charge in [-0.1, -0.05) is 17.2 Å². The standard InChI is InChI=1S/C19H23IO5S/c1-11(6-13-7-14(20)19(21)16(8-13)24-3)4-5-15-18-12(2)10-26(22,23)17(18)9-25-15/h6-8,15,17,21H,4-5,9-10H2,1-3H3/b11-6+/t15-,17+/m1/s1. The smallest absolute Gasteiger partial charge is 0.171 e. The Labute approximate surface area is 168 Å². The van der Waals surface area contributed by atoms with Crippen molar-refractivity contribution in [2.24, 2.45) is 0 Å². The number of aromatic hydroxyl groups is 1. The summed E-state index contributed by atoms with van der Waals surface area (Å²) in [6.45, 7) is 4.24. The van der Waals surface area contributed by atoms with E-state index in [0.29, 0.717) is 5.75 Å². The van der Waals surface area contributed by atoms with Gasteiger partial charge >= 0.3 is 0 Å². The van der Waals surface area contributed by atoms with Gasteiger partial charge in [0.25, 0.3) is 0 Å². The van der Waals surface area contributed by atoms with E-state index in [2.05, 4.69) is 28.7 Å². The number of methoxy groups -OCH3 is 1. The number of benzene rings is 1. The van der Waals surface area contributed by atoms with Crippen LogP contribution in [0.5, 0.6) is 11.5 Å². The quantitative estimate of drug-likeness (QED) is 0.504. The first-order chi connectivity index (χ1) is 12.2. The zero-order valence-electron chi connectivity index (χ0n) is 15.1. The number of ether oxygens (including phenoxy) is 2. The Morgan fingerprint density at radius 2 is 2.19 bits per heavy atom.